The number of nitrogens with one attached hydrogen (secondary N) is 1. The number of nitrogens with zero attached hydrogens (tertiary/aromatic N) is 1. The predicted molar refractivity (Wildman–Crippen MR) is 115 cm³/mol. The molecule has 1 aliphatic heterocycles. The van der Waals surface area contributed by atoms with Gasteiger partial charge in [0.25, 0.3) is 0 Å². The maximum Gasteiger partial charge on any atom is 0.231 e. The normalized spacial score (nSPS) is 14.9. The summed E-state index contributed by atoms with van der Waals surface area (Å²) in [5, 5.41) is 2.83. The summed E-state index contributed by atoms with van der Waals surface area (Å²) in [5.41, 5.74) is 3.49. The van der Waals surface area contributed by atoms with Crippen molar-refractivity contribution in [2.45, 2.75) is 52.9 Å². The van der Waals surface area contributed by atoms with Crippen LogP contribution in [-0.2, 0) is 16.0 Å². The smallest absolute Gasteiger partial charge is 0.231 e. The van der Waals surface area contributed by atoms with E-state index in [2.05, 4.69) is 26.1 Å². The number of hydrogen-bond donors (Lipinski definition) is 1. The quantitative estimate of drug-likeness (QED) is 0.764. The van der Waals surface area contributed by atoms with Crippen LogP contribution in [0.2, 0.25) is 0 Å². The first-order chi connectivity index (χ1) is 13.6. The van der Waals surface area contributed by atoms with E-state index in [1.54, 1.807) is 12.1 Å². The van der Waals surface area contributed by atoms with Gasteiger partial charge >= 0.3 is 0 Å². The van der Waals surface area contributed by atoms with E-state index in [0.29, 0.717) is 12.1 Å². The summed E-state index contributed by atoms with van der Waals surface area (Å²) in [6.45, 7) is 8.80. The molecule has 0 radical (unpaired) electrons. The molecule has 3 rings (SSSR count). The summed E-state index contributed by atoms with van der Waals surface area (Å²) >= 11 is 0. The molecule has 1 aliphatic rings. The maximum absolute atomic E-state index is 13.0. The van der Waals surface area contributed by atoms with Crippen LogP contribution < -0.4 is 10.2 Å². The number of amides is 2. The number of fused-ring (bicyclic) bond motifs is 1. The van der Waals surface area contributed by atoms with Crippen LogP contribution in [0.15, 0.2) is 42.5 Å². The average Bonchev–Trinajstić information content (AvgIpc) is 2.66. The number of aryl methyl sites for hydroxylation is 1. The van der Waals surface area contributed by atoms with Crippen LogP contribution >= 0.6 is 0 Å². The second-order valence-corrected chi connectivity index (χ2v) is 8.99. The molecule has 2 aromatic rings. The molecule has 0 fully saturated rings. The van der Waals surface area contributed by atoms with E-state index < -0.39 is 0 Å². The molecular weight excluding hydrogens is 367 g/mol. The molecule has 2 amide bonds. The minimum atomic E-state index is -0.356. The van der Waals surface area contributed by atoms with Gasteiger partial charge in [0, 0.05) is 24.3 Å². The molecule has 0 spiro atoms. The Hall–Kier alpha value is -2.69. The Bertz CT molecular complexity index is 900. The zero-order valence-corrected chi connectivity index (χ0v) is 17.6. The van der Waals surface area contributed by atoms with E-state index in [9.17, 15) is 14.0 Å². The third-order valence-electron chi connectivity index (χ3n) is 5.21. The summed E-state index contributed by atoms with van der Waals surface area (Å²) in [6, 6.07) is 11.7. The second-order valence-electron chi connectivity index (χ2n) is 8.99. The molecule has 2 aromatic carbocycles. The lowest BCUT2D eigenvalue weighted by molar-refractivity contribution is -0.120. The van der Waals surface area contributed by atoms with Crippen LogP contribution in [0.25, 0.3) is 0 Å². The van der Waals surface area contributed by atoms with Crippen molar-refractivity contribution < 1.29 is 14.0 Å². The number of rotatable bonds is 4. The largest absolute Gasteiger partial charge is 0.326 e. The van der Waals surface area contributed by atoms with Crippen molar-refractivity contribution in [3.8, 4) is 0 Å². The third kappa shape index (κ3) is 5.22. The van der Waals surface area contributed by atoms with Crippen molar-refractivity contribution in [1.29, 1.82) is 0 Å². The molecule has 0 aliphatic carbocycles. The fraction of sp³-hybridized carbons (Fsp3) is 0.417. The average molecular weight is 397 g/mol. The van der Waals surface area contributed by atoms with Gasteiger partial charge in [0.2, 0.25) is 11.8 Å². The SMILES string of the molecule is CC(C(=O)Nc1ccc(F)cc1)c1ccc2c(c1)CCCN2C(=O)CC(C)(C)C. The van der Waals surface area contributed by atoms with Crippen LogP contribution in [0.3, 0.4) is 0 Å². The summed E-state index contributed by atoms with van der Waals surface area (Å²) in [5.74, 6) is -0.691. The van der Waals surface area contributed by atoms with Gasteiger partial charge in [-0.25, -0.2) is 4.39 Å². The van der Waals surface area contributed by atoms with Gasteiger partial charge in [0.15, 0.2) is 0 Å². The first-order valence-corrected chi connectivity index (χ1v) is 10.1. The third-order valence-corrected chi connectivity index (χ3v) is 5.21. The Morgan fingerprint density at radius 3 is 2.48 bits per heavy atom. The van der Waals surface area contributed by atoms with Crippen molar-refractivity contribution in [3.05, 3.63) is 59.4 Å². The summed E-state index contributed by atoms with van der Waals surface area (Å²) in [7, 11) is 0. The Kier molecular flexibility index (Phi) is 6.06. The molecule has 29 heavy (non-hydrogen) atoms. The lowest BCUT2D eigenvalue weighted by Gasteiger charge is -2.32. The van der Waals surface area contributed by atoms with Crippen LogP contribution in [0.1, 0.15) is 57.6 Å². The van der Waals surface area contributed by atoms with Crippen molar-refractivity contribution >= 4 is 23.2 Å². The Balaban J connectivity index is 1.76. The lowest BCUT2D eigenvalue weighted by atomic mass is 9.90. The molecule has 154 valence electrons. The molecule has 5 heteroatoms. The van der Waals surface area contributed by atoms with Crippen LogP contribution in [-0.4, -0.2) is 18.4 Å². The first kappa shape index (κ1) is 21.0. The summed E-state index contributed by atoms with van der Waals surface area (Å²) < 4.78 is 13.0. The van der Waals surface area contributed by atoms with E-state index >= 15 is 0 Å². The number of halogens is 1. The number of benzene rings is 2. The van der Waals surface area contributed by atoms with Crippen LogP contribution in [0.4, 0.5) is 15.8 Å². The predicted octanol–water partition coefficient (Wildman–Crippen LogP) is 5.28. The van der Waals surface area contributed by atoms with Gasteiger partial charge < -0.3 is 10.2 Å². The lowest BCUT2D eigenvalue weighted by Crippen LogP contribution is -2.37. The van der Waals surface area contributed by atoms with Gasteiger partial charge in [-0.05, 0) is 66.6 Å². The van der Waals surface area contributed by atoms with Gasteiger partial charge in [-0.3, -0.25) is 9.59 Å². The number of carbonyl (C=O) groups is 2. The fourth-order valence-electron chi connectivity index (χ4n) is 3.63. The fourth-order valence-corrected chi connectivity index (χ4v) is 3.63. The van der Waals surface area contributed by atoms with E-state index in [4.69, 9.17) is 0 Å². The van der Waals surface area contributed by atoms with E-state index in [1.807, 2.05) is 30.0 Å². The molecule has 0 bridgehead atoms. The van der Waals surface area contributed by atoms with Crippen LogP contribution in [0.5, 0.6) is 0 Å². The summed E-state index contributed by atoms with van der Waals surface area (Å²) in [6.07, 6.45) is 2.32. The van der Waals surface area contributed by atoms with Crippen molar-refractivity contribution in [2.24, 2.45) is 5.41 Å². The molecule has 0 aromatic heterocycles. The molecule has 1 heterocycles. The monoisotopic (exact) mass is 396 g/mol. The van der Waals surface area contributed by atoms with Gasteiger partial charge in [0.1, 0.15) is 5.82 Å². The Morgan fingerprint density at radius 1 is 1.14 bits per heavy atom. The minimum Gasteiger partial charge on any atom is -0.326 e. The van der Waals surface area contributed by atoms with Crippen molar-refractivity contribution in [1.82, 2.24) is 0 Å². The minimum absolute atomic E-state index is 0.0540. The highest BCUT2D eigenvalue weighted by molar-refractivity contribution is 5.97. The molecular formula is C24H29FN2O2. The zero-order valence-electron chi connectivity index (χ0n) is 17.6. The van der Waals surface area contributed by atoms with Crippen molar-refractivity contribution in [2.75, 3.05) is 16.8 Å². The molecule has 0 saturated carbocycles. The number of anilines is 2. The van der Waals surface area contributed by atoms with Crippen molar-refractivity contribution in [3.63, 3.8) is 0 Å². The molecule has 0 saturated heterocycles. The van der Waals surface area contributed by atoms with Gasteiger partial charge in [-0.1, -0.05) is 32.9 Å². The highest BCUT2D eigenvalue weighted by atomic mass is 19.1. The molecule has 1 unspecified atom stereocenters. The van der Waals surface area contributed by atoms with Crippen LogP contribution in [0, 0.1) is 11.2 Å². The van der Waals surface area contributed by atoms with E-state index in [1.165, 1.54) is 12.1 Å². The molecule has 1 N–H and O–H groups in total. The molecule has 1 atom stereocenters. The topological polar surface area (TPSA) is 49.4 Å². The van der Waals surface area contributed by atoms with Gasteiger partial charge in [-0.2, -0.15) is 0 Å². The number of hydrogen-bond acceptors (Lipinski definition) is 2. The van der Waals surface area contributed by atoms with Gasteiger partial charge in [0.05, 0.1) is 5.92 Å². The summed E-state index contributed by atoms with van der Waals surface area (Å²) in [4.78, 5) is 27.3. The highest BCUT2D eigenvalue weighted by Crippen LogP contribution is 2.32. The second kappa shape index (κ2) is 8.36. The van der Waals surface area contributed by atoms with E-state index in [-0.39, 0.29) is 29.0 Å². The van der Waals surface area contributed by atoms with Gasteiger partial charge in [-0.15, -0.1) is 0 Å². The Morgan fingerprint density at radius 2 is 1.83 bits per heavy atom. The maximum atomic E-state index is 13.0. The standard InChI is InChI=1S/C24H29FN2O2/c1-16(23(29)26-20-10-8-19(25)9-11-20)17-7-12-21-18(14-17)6-5-13-27(21)22(28)15-24(2,3)4/h7-12,14,16H,5-6,13,15H2,1-4H3,(H,26,29). The number of carbonyl (C=O) groups excluding carboxylic acids is 2. The van der Waals surface area contributed by atoms with E-state index in [0.717, 1.165) is 36.2 Å². The zero-order chi connectivity index (χ0) is 21.2. The first-order valence-electron chi connectivity index (χ1n) is 10.1. The Labute approximate surface area is 172 Å². The molecule has 4 nitrogen and oxygen atoms in total. The highest BCUT2D eigenvalue weighted by Gasteiger charge is 2.27.